The summed E-state index contributed by atoms with van der Waals surface area (Å²) in [7, 11) is 0. The van der Waals surface area contributed by atoms with Crippen molar-refractivity contribution >= 4 is 12.0 Å². The Morgan fingerprint density at radius 2 is 1.88 bits per heavy atom. The van der Waals surface area contributed by atoms with Crippen LogP contribution in [-0.4, -0.2) is 29.2 Å². The Balaban J connectivity index is 4.27. The fourth-order valence-electron chi connectivity index (χ4n) is 1.48. The van der Waals surface area contributed by atoms with E-state index in [2.05, 4.69) is 10.6 Å². The number of aliphatic carboxylic acids is 1. The molecule has 0 aliphatic heterocycles. The zero-order valence-corrected chi connectivity index (χ0v) is 10.7. The number of carboxylic acid groups (broad SMARTS) is 1. The van der Waals surface area contributed by atoms with Gasteiger partial charge in [0.1, 0.15) is 5.54 Å². The predicted molar refractivity (Wildman–Crippen MR) is 66.9 cm³/mol. The van der Waals surface area contributed by atoms with Crippen molar-refractivity contribution in [3.05, 3.63) is 12.2 Å². The number of rotatable bonds is 7. The van der Waals surface area contributed by atoms with E-state index >= 15 is 0 Å². The average Bonchev–Trinajstić information content (AvgIpc) is 2.31. The van der Waals surface area contributed by atoms with Gasteiger partial charge in [0.05, 0.1) is 0 Å². The monoisotopic (exact) mass is 242 g/mol. The molecular formula is C12H22N2O3. The average molecular weight is 242 g/mol. The standard InChI is InChI=1S/C12H22N2O3/c1-4-7-8-9-13-11(17)14-12(5-2,6-3)10(15)16/h4,7H,5-6,8-9H2,1-3H3,(H,15,16)(H2,13,14,17)/b7-4+. The molecule has 0 saturated heterocycles. The molecular weight excluding hydrogens is 220 g/mol. The van der Waals surface area contributed by atoms with Gasteiger partial charge < -0.3 is 15.7 Å². The van der Waals surface area contributed by atoms with Gasteiger partial charge in [0.2, 0.25) is 0 Å². The van der Waals surface area contributed by atoms with E-state index in [1.807, 2.05) is 19.1 Å². The van der Waals surface area contributed by atoms with Gasteiger partial charge in [-0.05, 0) is 26.2 Å². The van der Waals surface area contributed by atoms with Gasteiger partial charge in [-0.15, -0.1) is 0 Å². The summed E-state index contributed by atoms with van der Waals surface area (Å²) in [5.41, 5.74) is -1.16. The molecule has 0 aromatic rings. The number of hydrogen-bond acceptors (Lipinski definition) is 2. The number of carbonyl (C=O) groups is 2. The lowest BCUT2D eigenvalue weighted by molar-refractivity contribution is -0.144. The fraction of sp³-hybridized carbons (Fsp3) is 0.667. The summed E-state index contributed by atoms with van der Waals surface area (Å²) in [6.07, 6.45) is 5.30. The Bertz CT molecular complexity index is 283. The quantitative estimate of drug-likeness (QED) is 0.471. The van der Waals surface area contributed by atoms with Crippen LogP contribution in [0.5, 0.6) is 0 Å². The van der Waals surface area contributed by atoms with Crippen LogP contribution < -0.4 is 10.6 Å². The van der Waals surface area contributed by atoms with Gasteiger partial charge in [-0.3, -0.25) is 0 Å². The van der Waals surface area contributed by atoms with Crippen molar-refractivity contribution in [1.29, 1.82) is 0 Å². The van der Waals surface area contributed by atoms with Crippen molar-refractivity contribution in [3.8, 4) is 0 Å². The third-order valence-electron chi connectivity index (χ3n) is 2.80. The van der Waals surface area contributed by atoms with Gasteiger partial charge in [-0.1, -0.05) is 26.0 Å². The first-order valence-electron chi connectivity index (χ1n) is 5.93. The Hall–Kier alpha value is -1.52. The molecule has 0 aromatic carbocycles. The van der Waals surface area contributed by atoms with Crippen molar-refractivity contribution in [1.82, 2.24) is 10.6 Å². The summed E-state index contributed by atoms with van der Waals surface area (Å²) in [6.45, 7) is 5.90. The van der Waals surface area contributed by atoms with Gasteiger partial charge in [0, 0.05) is 6.54 Å². The van der Waals surface area contributed by atoms with E-state index in [1.165, 1.54) is 0 Å². The van der Waals surface area contributed by atoms with E-state index < -0.39 is 17.5 Å². The van der Waals surface area contributed by atoms with Crippen LogP contribution in [0.3, 0.4) is 0 Å². The van der Waals surface area contributed by atoms with E-state index in [1.54, 1.807) is 13.8 Å². The van der Waals surface area contributed by atoms with Gasteiger partial charge in [0.15, 0.2) is 0 Å². The fourth-order valence-corrected chi connectivity index (χ4v) is 1.48. The minimum Gasteiger partial charge on any atom is -0.480 e. The van der Waals surface area contributed by atoms with Crippen LogP contribution >= 0.6 is 0 Å². The summed E-state index contributed by atoms with van der Waals surface area (Å²) in [5, 5.41) is 14.3. The number of amides is 2. The second-order valence-corrected chi connectivity index (χ2v) is 3.83. The summed E-state index contributed by atoms with van der Waals surface area (Å²) in [5.74, 6) is -0.994. The van der Waals surface area contributed by atoms with E-state index in [9.17, 15) is 9.59 Å². The Morgan fingerprint density at radius 3 is 2.29 bits per heavy atom. The van der Waals surface area contributed by atoms with Crippen molar-refractivity contribution in [2.24, 2.45) is 0 Å². The zero-order chi connectivity index (χ0) is 13.3. The lowest BCUT2D eigenvalue weighted by Gasteiger charge is -2.27. The highest BCUT2D eigenvalue weighted by Crippen LogP contribution is 2.14. The van der Waals surface area contributed by atoms with Crippen molar-refractivity contribution in [3.63, 3.8) is 0 Å². The van der Waals surface area contributed by atoms with Crippen LogP contribution in [0.4, 0.5) is 4.79 Å². The summed E-state index contributed by atoms with van der Waals surface area (Å²) < 4.78 is 0. The molecule has 0 rings (SSSR count). The first-order chi connectivity index (χ1) is 8.02. The van der Waals surface area contributed by atoms with E-state index in [0.717, 1.165) is 6.42 Å². The Labute approximate surface area is 102 Å². The van der Waals surface area contributed by atoms with Crippen LogP contribution in [0.25, 0.3) is 0 Å². The molecule has 0 aliphatic carbocycles. The van der Waals surface area contributed by atoms with Crippen LogP contribution in [0.15, 0.2) is 12.2 Å². The molecule has 0 fully saturated rings. The molecule has 17 heavy (non-hydrogen) atoms. The summed E-state index contributed by atoms with van der Waals surface area (Å²) >= 11 is 0. The lowest BCUT2D eigenvalue weighted by atomic mass is 9.93. The molecule has 98 valence electrons. The minimum absolute atomic E-state index is 0.362. The lowest BCUT2D eigenvalue weighted by Crippen LogP contribution is -2.56. The molecule has 3 N–H and O–H groups in total. The summed E-state index contributed by atoms with van der Waals surface area (Å²) in [6, 6.07) is -0.430. The van der Waals surface area contributed by atoms with Crippen molar-refractivity contribution in [2.75, 3.05) is 6.54 Å². The second kappa shape index (κ2) is 7.70. The molecule has 0 bridgehead atoms. The van der Waals surface area contributed by atoms with Crippen LogP contribution in [0.1, 0.15) is 40.0 Å². The molecule has 5 heteroatoms. The molecule has 0 radical (unpaired) electrons. The summed E-state index contributed by atoms with van der Waals surface area (Å²) in [4.78, 5) is 22.7. The molecule has 2 amide bonds. The number of carbonyl (C=O) groups excluding carboxylic acids is 1. The molecule has 0 aliphatic rings. The minimum atomic E-state index is -1.16. The number of allylic oxidation sites excluding steroid dienone is 1. The van der Waals surface area contributed by atoms with Gasteiger partial charge in [-0.2, -0.15) is 0 Å². The predicted octanol–water partition coefficient (Wildman–Crippen LogP) is 1.90. The largest absolute Gasteiger partial charge is 0.480 e. The van der Waals surface area contributed by atoms with E-state index in [0.29, 0.717) is 19.4 Å². The van der Waals surface area contributed by atoms with Crippen LogP contribution in [0, 0.1) is 0 Å². The van der Waals surface area contributed by atoms with Gasteiger partial charge in [0.25, 0.3) is 0 Å². The first-order valence-corrected chi connectivity index (χ1v) is 5.93. The van der Waals surface area contributed by atoms with Crippen molar-refractivity contribution in [2.45, 2.75) is 45.6 Å². The first kappa shape index (κ1) is 15.5. The van der Waals surface area contributed by atoms with Gasteiger partial charge >= 0.3 is 12.0 Å². The number of hydrogen-bond donors (Lipinski definition) is 3. The van der Waals surface area contributed by atoms with Crippen LogP contribution in [0.2, 0.25) is 0 Å². The molecule has 0 spiro atoms. The third kappa shape index (κ3) is 4.89. The maximum Gasteiger partial charge on any atom is 0.329 e. The Kier molecular flexibility index (Phi) is 7.02. The van der Waals surface area contributed by atoms with E-state index in [-0.39, 0.29) is 0 Å². The van der Waals surface area contributed by atoms with Crippen molar-refractivity contribution < 1.29 is 14.7 Å². The highest BCUT2D eigenvalue weighted by molar-refractivity contribution is 5.86. The molecule has 0 aromatic heterocycles. The highest BCUT2D eigenvalue weighted by Gasteiger charge is 2.36. The highest BCUT2D eigenvalue weighted by atomic mass is 16.4. The normalized spacial score (nSPS) is 11.5. The maximum atomic E-state index is 11.5. The van der Waals surface area contributed by atoms with Crippen LogP contribution in [-0.2, 0) is 4.79 Å². The molecule has 0 saturated carbocycles. The number of urea groups is 1. The maximum absolute atomic E-state index is 11.5. The number of carboxylic acids is 1. The molecule has 0 atom stereocenters. The topological polar surface area (TPSA) is 78.4 Å². The van der Waals surface area contributed by atoms with E-state index in [4.69, 9.17) is 5.11 Å². The SMILES string of the molecule is C/C=C/CCNC(=O)NC(CC)(CC)C(=O)O. The zero-order valence-electron chi connectivity index (χ0n) is 10.7. The molecule has 5 nitrogen and oxygen atoms in total. The van der Waals surface area contributed by atoms with Gasteiger partial charge in [-0.25, -0.2) is 9.59 Å². The second-order valence-electron chi connectivity index (χ2n) is 3.83. The Morgan fingerprint density at radius 1 is 1.29 bits per heavy atom. The third-order valence-corrected chi connectivity index (χ3v) is 2.80. The molecule has 0 heterocycles. The smallest absolute Gasteiger partial charge is 0.329 e. The molecule has 0 unspecified atom stereocenters. The number of nitrogens with one attached hydrogen (secondary N) is 2.